The summed E-state index contributed by atoms with van der Waals surface area (Å²) in [6, 6.07) is 18.6. The van der Waals surface area contributed by atoms with Gasteiger partial charge in [0.15, 0.2) is 5.78 Å². The molecule has 4 nitrogen and oxygen atoms in total. The Morgan fingerprint density at radius 2 is 1.71 bits per heavy atom. The van der Waals surface area contributed by atoms with Crippen LogP contribution in [0.25, 0.3) is 0 Å². The quantitative estimate of drug-likeness (QED) is 0.826. The lowest BCUT2D eigenvalue weighted by molar-refractivity contribution is -0.0660. The van der Waals surface area contributed by atoms with Crippen LogP contribution in [-0.4, -0.2) is 47.1 Å². The van der Waals surface area contributed by atoms with Gasteiger partial charge in [0.2, 0.25) is 0 Å². The van der Waals surface area contributed by atoms with Gasteiger partial charge in [-0.2, -0.15) is 0 Å². The number of carbonyl (C=O) groups excluding carboxylic acids is 1. The highest BCUT2D eigenvalue weighted by Crippen LogP contribution is 2.39. The first kappa shape index (κ1) is 16.8. The SMILES string of the molecule is O=C(c1ccccc1)C1CN(CCO)CCC1(O)c1ccccc1. The molecule has 0 spiro atoms. The molecule has 0 radical (unpaired) electrons. The number of piperidine rings is 1. The number of aliphatic hydroxyl groups is 2. The van der Waals surface area contributed by atoms with E-state index in [1.54, 1.807) is 12.1 Å². The molecule has 0 saturated carbocycles. The lowest BCUT2D eigenvalue weighted by Crippen LogP contribution is -2.53. The molecule has 2 unspecified atom stereocenters. The van der Waals surface area contributed by atoms with Crippen LogP contribution in [0.5, 0.6) is 0 Å². The van der Waals surface area contributed by atoms with E-state index in [1.165, 1.54) is 0 Å². The van der Waals surface area contributed by atoms with Crippen molar-refractivity contribution in [3.05, 3.63) is 71.8 Å². The van der Waals surface area contributed by atoms with Crippen LogP contribution >= 0.6 is 0 Å². The molecule has 1 aliphatic rings. The third kappa shape index (κ3) is 3.26. The van der Waals surface area contributed by atoms with Gasteiger partial charge in [-0.15, -0.1) is 0 Å². The second kappa shape index (κ2) is 7.26. The first-order valence-electron chi connectivity index (χ1n) is 8.35. The molecule has 126 valence electrons. The summed E-state index contributed by atoms with van der Waals surface area (Å²) < 4.78 is 0. The van der Waals surface area contributed by atoms with Gasteiger partial charge in [-0.3, -0.25) is 4.79 Å². The van der Waals surface area contributed by atoms with Crippen LogP contribution in [-0.2, 0) is 5.60 Å². The number of hydrogen-bond acceptors (Lipinski definition) is 4. The normalized spacial score (nSPS) is 24.7. The Bertz CT molecular complexity index is 674. The number of hydrogen-bond donors (Lipinski definition) is 2. The summed E-state index contributed by atoms with van der Waals surface area (Å²) in [5.41, 5.74) is 0.214. The molecule has 2 aromatic rings. The number of carbonyl (C=O) groups is 1. The Morgan fingerprint density at radius 1 is 1.08 bits per heavy atom. The van der Waals surface area contributed by atoms with Crippen molar-refractivity contribution in [2.45, 2.75) is 12.0 Å². The van der Waals surface area contributed by atoms with Crippen molar-refractivity contribution in [1.29, 1.82) is 0 Å². The van der Waals surface area contributed by atoms with Gasteiger partial charge in [-0.05, 0) is 12.0 Å². The van der Waals surface area contributed by atoms with E-state index in [4.69, 9.17) is 0 Å². The van der Waals surface area contributed by atoms with Crippen LogP contribution < -0.4 is 0 Å². The first-order valence-corrected chi connectivity index (χ1v) is 8.35. The fourth-order valence-corrected chi connectivity index (χ4v) is 3.52. The summed E-state index contributed by atoms with van der Waals surface area (Å²) in [5.74, 6) is -0.604. The minimum Gasteiger partial charge on any atom is -0.395 e. The van der Waals surface area contributed by atoms with Crippen molar-refractivity contribution < 1.29 is 15.0 Å². The van der Waals surface area contributed by atoms with Crippen LogP contribution in [0.3, 0.4) is 0 Å². The summed E-state index contributed by atoms with van der Waals surface area (Å²) in [7, 11) is 0. The molecule has 0 aromatic heterocycles. The maximum Gasteiger partial charge on any atom is 0.170 e. The molecule has 2 N–H and O–H groups in total. The van der Waals surface area contributed by atoms with Crippen LogP contribution in [0.2, 0.25) is 0 Å². The monoisotopic (exact) mass is 325 g/mol. The Hall–Kier alpha value is -2.01. The van der Waals surface area contributed by atoms with Crippen LogP contribution in [0.1, 0.15) is 22.3 Å². The van der Waals surface area contributed by atoms with Crippen molar-refractivity contribution in [3.63, 3.8) is 0 Å². The molecule has 1 aliphatic heterocycles. The number of Topliss-reactive ketones (excluding diaryl/α,β-unsaturated/α-hetero) is 1. The first-order chi connectivity index (χ1) is 11.6. The van der Waals surface area contributed by atoms with Gasteiger partial charge in [-0.1, -0.05) is 60.7 Å². The van der Waals surface area contributed by atoms with Crippen LogP contribution in [0.15, 0.2) is 60.7 Å². The van der Waals surface area contributed by atoms with Crippen molar-refractivity contribution in [1.82, 2.24) is 4.90 Å². The number of aliphatic hydroxyl groups excluding tert-OH is 1. The van der Waals surface area contributed by atoms with Crippen molar-refractivity contribution in [2.75, 3.05) is 26.2 Å². The predicted octanol–water partition coefficient (Wildman–Crippen LogP) is 2.07. The zero-order valence-electron chi connectivity index (χ0n) is 13.6. The third-order valence-corrected chi connectivity index (χ3v) is 4.89. The summed E-state index contributed by atoms with van der Waals surface area (Å²) in [6.07, 6.45) is 0.472. The highest BCUT2D eigenvalue weighted by atomic mass is 16.3. The molecule has 1 heterocycles. The highest BCUT2D eigenvalue weighted by molar-refractivity contribution is 5.98. The molecule has 4 heteroatoms. The fourth-order valence-electron chi connectivity index (χ4n) is 3.52. The van der Waals surface area contributed by atoms with Gasteiger partial charge in [0.05, 0.1) is 12.5 Å². The van der Waals surface area contributed by atoms with Gasteiger partial charge in [0, 0.05) is 25.2 Å². The molecule has 3 rings (SSSR count). The molecular weight excluding hydrogens is 302 g/mol. The van der Waals surface area contributed by atoms with Gasteiger partial charge in [0.25, 0.3) is 0 Å². The second-order valence-electron chi connectivity index (χ2n) is 6.35. The van der Waals surface area contributed by atoms with E-state index in [9.17, 15) is 15.0 Å². The second-order valence-corrected chi connectivity index (χ2v) is 6.35. The molecule has 2 atom stereocenters. The van der Waals surface area contributed by atoms with Crippen LogP contribution in [0.4, 0.5) is 0 Å². The molecule has 0 bridgehead atoms. The van der Waals surface area contributed by atoms with Crippen molar-refractivity contribution in [2.24, 2.45) is 5.92 Å². The number of benzene rings is 2. The largest absolute Gasteiger partial charge is 0.395 e. The molecule has 0 amide bonds. The number of β-amino-alcohol motifs (C(OH)–C–C–N with tert-alkyl or cyclic N) is 1. The summed E-state index contributed by atoms with van der Waals surface area (Å²) in [4.78, 5) is 15.1. The van der Waals surface area contributed by atoms with Crippen molar-refractivity contribution >= 4 is 5.78 Å². The minimum atomic E-state index is -1.18. The topological polar surface area (TPSA) is 60.8 Å². The minimum absolute atomic E-state index is 0.0513. The van der Waals surface area contributed by atoms with E-state index in [-0.39, 0.29) is 12.4 Å². The van der Waals surface area contributed by atoms with Crippen molar-refractivity contribution in [3.8, 4) is 0 Å². The number of ketones is 1. The smallest absolute Gasteiger partial charge is 0.170 e. The molecule has 0 aliphatic carbocycles. The number of nitrogens with zero attached hydrogens (tertiary/aromatic N) is 1. The third-order valence-electron chi connectivity index (χ3n) is 4.89. The van der Waals surface area contributed by atoms with E-state index in [0.717, 1.165) is 5.56 Å². The maximum absolute atomic E-state index is 13.1. The van der Waals surface area contributed by atoms with Gasteiger partial charge >= 0.3 is 0 Å². The Kier molecular flexibility index (Phi) is 5.09. The highest BCUT2D eigenvalue weighted by Gasteiger charge is 2.46. The fraction of sp³-hybridized carbons (Fsp3) is 0.350. The average Bonchev–Trinajstić information content (AvgIpc) is 2.64. The van der Waals surface area contributed by atoms with Gasteiger partial charge in [0.1, 0.15) is 5.60 Å². The molecule has 2 aromatic carbocycles. The van der Waals surface area contributed by atoms with E-state index in [0.29, 0.717) is 31.6 Å². The lowest BCUT2D eigenvalue weighted by Gasteiger charge is -2.44. The predicted molar refractivity (Wildman–Crippen MR) is 92.7 cm³/mol. The summed E-state index contributed by atoms with van der Waals surface area (Å²) >= 11 is 0. The Morgan fingerprint density at radius 3 is 2.33 bits per heavy atom. The Labute approximate surface area is 142 Å². The average molecular weight is 325 g/mol. The molecule has 1 fully saturated rings. The van der Waals surface area contributed by atoms with Gasteiger partial charge < -0.3 is 15.1 Å². The zero-order valence-corrected chi connectivity index (χ0v) is 13.6. The molecule has 1 saturated heterocycles. The number of likely N-dealkylation sites (tertiary alicyclic amines) is 1. The maximum atomic E-state index is 13.1. The number of rotatable bonds is 5. The summed E-state index contributed by atoms with van der Waals surface area (Å²) in [6.45, 7) is 1.67. The van der Waals surface area contributed by atoms with Crippen LogP contribution in [0, 0.1) is 5.92 Å². The van der Waals surface area contributed by atoms with E-state index in [2.05, 4.69) is 0 Å². The molecule has 24 heavy (non-hydrogen) atoms. The standard InChI is InChI=1S/C20H23NO3/c22-14-13-21-12-11-20(24,17-9-5-2-6-10-17)18(15-21)19(23)16-7-3-1-4-8-16/h1-10,18,22,24H,11-15H2. The lowest BCUT2D eigenvalue weighted by atomic mass is 9.72. The van der Waals surface area contributed by atoms with Gasteiger partial charge in [-0.25, -0.2) is 0 Å². The Balaban J connectivity index is 1.96. The van der Waals surface area contributed by atoms with E-state index in [1.807, 2.05) is 53.4 Å². The molecular formula is C20H23NO3. The van der Waals surface area contributed by atoms with E-state index < -0.39 is 11.5 Å². The summed E-state index contributed by atoms with van der Waals surface area (Å²) in [5, 5.41) is 20.6. The zero-order chi connectivity index (χ0) is 17.0. The van der Waals surface area contributed by atoms with E-state index >= 15 is 0 Å².